The van der Waals surface area contributed by atoms with Gasteiger partial charge >= 0.3 is 0 Å². The largest absolute Gasteiger partial charge is 0.377 e. The quantitative estimate of drug-likeness (QED) is 0.708. The van der Waals surface area contributed by atoms with Crippen LogP contribution >= 0.6 is 43.5 Å². The van der Waals surface area contributed by atoms with Crippen LogP contribution in [0.2, 0.25) is 5.02 Å². The van der Waals surface area contributed by atoms with Crippen molar-refractivity contribution in [1.82, 2.24) is 0 Å². The van der Waals surface area contributed by atoms with Crippen LogP contribution in [-0.4, -0.2) is 6.54 Å². The molecule has 0 bridgehead atoms. The SMILES string of the molecule is Cc1ccc(NC(CN)c2ccc(Br)c(Br)c2)cc1Cl. The van der Waals surface area contributed by atoms with Gasteiger partial charge in [0.05, 0.1) is 6.04 Å². The minimum Gasteiger partial charge on any atom is -0.377 e. The van der Waals surface area contributed by atoms with Gasteiger partial charge in [0.15, 0.2) is 0 Å². The van der Waals surface area contributed by atoms with Crippen LogP contribution < -0.4 is 11.1 Å². The predicted octanol–water partition coefficient (Wildman–Crippen LogP) is 5.29. The first-order chi connectivity index (χ1) is 9.51. The Labute approximate surface area is 141 Å². The minimum atomic E-state index is 0.0400. The molecular formula is C15H15Br2ClN2. The van der Waals surface area contributed by atoms with E-state index in [-0.39, 0.29) is 6.04 Å². The molecule has 2 rings (SSSR count). The van der Waals surface area contributed by atoms with Gasteiger partial charge in [-0.2, -0.15) is 0 Å². The van der Waals surface area contributed by atoms with Crippen LogP contribution in [0.1, 0.15) is 17.2 Å². The summed E-state index contributed by atoms with van der Waals surface area (Å²) in [5.41, 5.74) is 9.04. The molecule has 0 aromatic heterocycles. The first-order valence-corrected chi connectivity index (χ1v) is 8.15. The third-order valence-electron chi connectivity index (χ3n) is 3.09. The Morgan fingerprint density at radius 1 is 1.15 bits per heavy atom. The van der Waals surface area contributed by atoms with E-state index in [0.29, 0.717) is 6.54 Å². The van der Waals surface area contributed by atoms with Gasteiger partial charge in [-0.05, 0) is 74.2 Å². The maximum absolute atomic E-state index is 6.15. The van der Waals surface area contributed by atoms with Crippen molar-refractivity contribution >= 4 is 49.1 Å². The predicted molar refractivity (Wildman–Crippen MR) is 93.4 cm³/mol. The molecule has 2 nitrogen and oxygen atoms in total. The average Bonchev–Trinajstić information content (AvgIpc) is 2.43. The Morgan fingerprint density at radius 2 is 1.90 bits per heavy atom. The van der Waals surface area contributed by atoms with Crippen LogP contribution in [0.25, 0.3) is 0 Å². The summed E-state index contributed by atoms with van der Waals surface area (Å²) >= 11 is 13.1. The van der Waals surface area contributed by atoms with Crippen molar-refractivity contribution in [3.8, 4) is 0 Å². The molecule has 0 aliphatic heterocycles. The van der Waals surface area contributed by atoms with E-state index in [1.54, 1.807) is 0 Å². The van der Waals surface area contributed by atoms with Crippen molar-refractivity contribution in [2.24, 2.45) is 5.73 Å². The summed E-state index contributed by atoms with van der Waals surface area (Å²) < 4.78 is 2.03. The van der Waals surface area contributed by atoms with E-state index >= 15 is 0 Å². The van der Waals surface area contributed by atoms with Gasteiger partial charge in [0, 0.05) is 26.2 Å². The molecule has 0 saturated carbocycles. The lowest BCUT2D eigenvalue weighted by Gasteiger charge is -2.19. The van der Waals surface area contributed by atoms with E-state index in [9.17, 15) is 0 Å². The molecule has 0 aliphatic carbocycles. The maximum atomic E-state index is 6.15. The van der Waals surface area contributed by atoms with E-state index < -0.39 is 0 Å². The summed E-state index contributed by atoms with van der Waals surface area (Å²) in [6.45, 7) is 2.48. The summed E-state index contributed by atoms with van der Waals surface area (Å²) in [6.07, 6.45) is 0. The number of hydrogen-bond donors (Lipinski definition) is 2. The molecule has 2 aromatic carbocycles. The molecule has 0 fully saturated rings. The van der Waals surface area contributed by atoms with Gasteiger partial charge in [-0.3, -0.25) is 0 Å². The number of anilines is 1. The van der Waals surface area contributed by atoms with Crippen LogP contribution in [-0.2, 0) is 0 Å². The molecule has 20 heavy (non-hydrogen) atoms. The smallest absolute Gasteiger partial charge is 0.0636 e. The van der Waals surface area contributed by atoms with Crippen molar-refractivity contribution in [2.75, 3.05) is 11.9 Å². The van der Waals surface area contributed by atoms with Crippen molar-refractivity contribution in [3.63, 3.8) is 0 Å². The molecule has 5 heteroatoms. The number of nitrogens with two attached hydrogens (primary N) is 1. The van der Waals surface area contributed by atoms with E-state index in [4.69, 9.17) is 17.3 Å². The summed E-state index contributed by atoms with van der Waals surface area (Å²) in [4.78, 5) is 0. The Morgan fingerprint density at radius 3 is 2.50 bits per heavy atom. The number of hydrogen-bond acceptors (Lipinski definition) is 2. The lowest BCUT2D eigenvalue weighted by molar-refractivity contribution is 0.789. The van der Waals surface area contributed by atoms with Gasteiger partial charge in [0.2, 0.25) is 0 Å². The molecule has 0 spiro atoms. The summed E-state index contributed by atoms with van der Waals surface area (Å²) in [5.74, 6) is 0. The van der Waals surface area contributed by atoms with Gasteiger partial charge in [-0.15, -0.1) is 0 Å². The molecule has 2 aromatic rings. The highest BCUT2D eigenvalue weighted by atomic mass is 79.9. The van der Waals surface area contributed by atoms with E-state index in [1.165, 1.54) is 0 Å². The fourth-order valence-corrected chi connectivity index (χ4v) is 2.71. The highest BCUT2D eigenvalue weighted by Crippen LogP contribution is 2.28. The fourth-order valence-electron chi connectivity index (χ4n) is 1.89. The molecule has 1 atom stereocenters. The van der Waals surface area contributed by atoms with E-state index in [1.807, 2.05) is 31.2 Å². The lowest BCUT2D eigenvalue weighted by Crippen LogP contribution is -2.20. The Balaban J connectivity index is 2.23. The van der Waals surface area contributed by atoms with Gasteiger partial charge in [-0.25, -0.2) is 0 Å². The van der Waals surface area contributed by atoms with Crippen molar-refractivity contribution in [2.45, 2.75) is 13.0 Å². The zero-order chi connectivity index (χ0) is 14.7. The minimum absolute atomic E-state index is 0.0400. The summed E-state index contributed by atoms with van der Waals surface area (Å²) in [6, 6.07) is 12.1. The molecule has 1 unspecified atom stereocenters. The molecule has 0 aliphatic rings. The van der Waals surface area contributed by atoms with Crippen molar-refractivity contribution < 1.29 is 0 Å². The molecule has 3 N–H and O–H groups in total. The molecular weight excluding hydrogens is 403 g/mol. The van der Waals surface area contributed by atoms with Crippen LogP contribution in [0.5, 0.6) is 0 Å². The van der Waals surface area contributed by atoms with E-state index in [0.717, 1.165) is 30.8 Å². The van der Waals surface area contributed by atoms with E-state index in [2.05, 4.69) is 49.3 Å². The maximum Gasteiger partial charge on any atom is 0.0636 e. The number of aryl methyl sites for hydroxylation is 1. The lowest BCUT2D eigenvalue weighted by atomic mass is 10.1. The molecule has 0 radical (unpaired) electrons. The highest BCUT2D eigenvalue weighted by Gasteiger charge is 2.11. The highest BCUT2D eigenvalue weighted by molar-refractivity contribution is 9.13. The van der Waals surface area contributed by atoms with Gasteiger partial charge in [0.25, 0.3) is 0 Å². The summed E-state index contributed by atoms with van der Waals surface area (Å²) in [5, 5.41) is 4.17. The molecule has 0 amide bonds. The fraction of sp³-hybridized carbons (Fsp3) is 0.200. The normalized spacial score (nSPS) is 12.2. The third kappa shape index (κ3) is 3.76. The third-order valence-corrected chi connectivity index (χ3v) is 5.38. The zero-order valence-electron chi connectivity index (χ0n) is 11.0. The van der Waals surface area contributed by atoms with Crippen LogP contribution in [0.3, 0.4) is 0 Å². The number of halogens is 3. The van der Waals surface area contributed by atoms with Crippen molar-refractivity contribution in [1.29, 1.82) is 0 Å². The standard InChI is InChI=1S/C15H15Br2ClN2/c1-9-2-4-11(7-14(9)18)20-15(8-19)10-3-5-12(16)13(17)6-10/h2-7,15,20H,8,19H2,1H3. The zero-order valence-corrected chi connectivity index (χ0v) is 14.9. The van der Waals surface area contributed by atoms with Crippen LogP contribution in [0.4, 0.5) is 5.69 Å². The van der Waals surface area contributed by atoms with Gasteiger partial charge in [-0.1, -0.05) is 23.7 Å². The monoisotopic (exact) mass is 416 g/mol. The second-order valence-electron chi connectivity index (χ2n) is 4.57. The topological polar surface area (TPSA) is 38.0 Å². The Hall–Kier alpha value is -0.550. The first-order valence-electron chi connectivity index (χ1n) is 6.19. The average molecular weight is 419 g/mol. The molecule has 106 valence electrons. The number of benzene rings is 2. The Kier molecular flexibility index (Phi) is 5.49. The van der Waals surface area contributed by atoms with Crippen LogP contribution in [0, 0.1) is 6.92 Å². The second-order valence-corrected chi connectivity index (χ2v) is 6.69. The van der Waals surface area contributed by atoms with Gasteiger partial charge in [0.1, 0.15) is 0 Å². The second kappa shape index (κ2) is 6.94. The number of rotatable bonds is 4. The number of nitrogens with one attached hydrogen (secondary N) is 1. The first kappa shape index (κ1) is 15.8. The Bertz CT molecular complexity index is 617. The van der Waals surface area contributed by atoms with Crippen molar-refractivity contribution in [3.05, 3.63) is 61.5 Å². The molecule has 0 saturated heterocycles. The summed E-state index contributed by atoms with van der Waals surface area (Å²) in [7, 11) is 0. The molecule has 0 heterocycles. The van der Waals surface area contributed by atoms with Gasteiger partial charge < -0.3 is 11.1 Å². The van der Waals surface area contributed by atoms with Crippen LogP contribution in [0.15, 0.2) is 45.3 Å².